The van der Waals surface area contributed by atoms with E-state index in [4.69, 9.17) is 4.74 Å². The van der Waals surface area contributed by atoms with Crippen LogP contribution in [0.4, 0.5) is 0 Å². The van der Waals surface area contributed by atoms with Crippen molar-refractivity contribution >= 4 is 11.9 Å². The van der Waals surface area contributed by atoms with E-state index in [-0.39, 0.29) is 24.2 Å². The number of nitrogens with zero attached hydrogens (tertiary/aromatic N) is 1. The highest BCUT2D eigenvalue weighted by atomic mass is 16.5. The van der Waals surface area contributed by atoms with Crippen LogP contribution in [0.1, 0.15) is 51.4 Å². The smallest absolute Gasteiger partial charge is 0.307 e. The van der Waals surface area contributed by atoms with Crippen molar-refractivity contribution in [1.29, 1.82) is 0 Å². The van der Waals surface area contributed by atoms with Gasteiger partial charge in [0.05, 0.1) is 20.1 Å². The number of esters is 1. The van der Waals surface area contributed by atoms with Crippen LogP contribution in [0.5, 0.6) is 0 Å². The van der Waals surface area contributed by atoms with Gasteiger partial charge in [-0.1, -0.05) is 32.1 Å². The molecule has 0 spiro atoms. The largest absolute Gasteiger partial charge is 0.469 e. The third kappa shape index (κ3) is 6.93. The van der Waals surface area contributed by atoms with Crippen LogP contribution >= 0.6 is 0 Å². The summed E-state index contributed by atoms with van der Waals surface area (Å²) in [6.45, 7) is 1.47. The first-order chi connectivity index (χ1) is 10.2. The normalized spacial score (nSPS) is 16.9. The van der Waals surface area contributed by atoms with E-state index >= 15 is 0 Å². The van der Waals surface area contributed by atoms with E-state index in [0.717, 1.165) is 25.7 Å². The van der Waals surface area contributed by atoms with Crippen molar-refractivity contribution < 1.29 is 19.1 Å². The highest BCUT2D eigenvalue weighted by Crippen LogP contribution is 2.24. The lowest BCUT2D eigenvalue weighted by Gasteiger charge is -2.28. The Morgan fingerprint density at radius 1 is 1.00 bits per heavy atom. The summed E-state index contributed by atoms with van der Waals surface area (Å²) < 4.78 is 9.74. The number of hydrogen-bond donors (Lipinski definition) is 0. The van der Waals surface area contributed by atoms with Gasteiger partial charge in [0.2, 0.25) is 5.91 Å². The molecule has 0 radical (unpaired) electrons. The number of methoxy groups -OCH3 is 2. The Bertz CT molecular complexity index is 311. The molecule has 0 saturated heterocycles. The van der Waals surface area contributed by atoms with Crippen molar-refractivity contribution in [2.75, 3.05) is 33.9 Å². The fourth-order valence-corrected chi connectivity index (χ4v) is 2.82. The fourth-order valence-electron chi connectivity index (χ4n) is 2.82. The van der Waals surface area contributed by atoms with Gasteiger partial charge in [-0.3, -0.25) is 9.59 Å². The van der Waals surface area contributed by atoms with Crippen molar-refractivity contribution in [2.24, 2.45) is 5.92 Å². The first-order valence-corrected chi connectivity index (χ1v) is 8.03. The highest BCUT2D eigenvalue weighted by Gasteiger charge is 2.24. The molecule has 1 fully saturated rings. The highest BCUT2D eigenvalue weighted by molar-refractivity contribution is 5.79. The van der Waals surface area contributed by atoms with Crippen LogP contribution in [-0.2, 0) is 19.1 Å². The van der Waals surface area contributed by atoms with E-state index in [0.29, 0.717) is 19.7 Å². The average molecular weight is 299 g/mol. The van der Waals surface area contributed by atoms with Crippen LogP contribution < -0.4 is 0 Å². The molecule has 1 saturated carbocycles. The van der Waals surface area contributed by atoms with Crippen molar-refractivity contribution in [3.05, 3.63) is 0 Å². The second kappa shape index (κ2) is 10.6. The second-order valence-electron chi connectivity index (χ2n) is 5.69. The van der Waals surface area contributed by atoms with Crippen LogP contribution in [-0.4, -0.2) is 50.7 Å². The van der Waals surface area contributed by atoms with Gasteiger partial charge in [-0.2, -0.15) is 0 Å². The van der Waals surface area contributed by atoms with Gasteiger partial charge in [-0.05, 0) is 12.8 Å². The van der Waals surface area contributed by atoms with Gasteiger partial charge in [0, 0.05) is 26.1 Å². The molecule has 0 aliphatic heterocycles. The van der Waals surface area contributed by atoms with Gasteiger partial charge < -0.3 is 14.4 Å². The number of ether oxygens (including phenoxy) is 2. The topological polar surface area (TPSA) is 55.8 Å². The van der Waals surface area contributed by atoms with Crippen LogP contribution in [0, 0.1) is 5.92 Å². The van der Waals surface area contributed by atoms with E-state index in [2.05, 4.69) is 4.74 Å². The first-order valence-electron chi connectivity index (χ1n) is 8.03. The standard InChI is InChI=1S/C16H29NO4/c1-20-13-12-17(11-10-15(18)21-2)16(19)14-8-6-4-3-5-7-9-14/h14H,3-13H2,1-2H3. The van der Waals surface area contributed by atoms with E-state index in [1.54, 1.807) is 12.0 Å². The molecule has 1 rings (SSSR count). The predicted octanol–water partition coefficient (Wildman–Crippen LogP) is 2.38. The SMILES string of the molecule is COCCN(CCC(=O)OC)C(=O)C1CCCCCCC1. The molecule has 1 aliphatic carbocycles. The fraction of sp³-hybridized carbons (Fsp3) is 0.875. The summed E-state index contributed by atoms with van der Waals surface area (Å²) in [5.74, 6) is 0.0144. The number of carbonyl (C=O) groups excluding carboxylic acids is 2. The Labute approximate surface area is 128 Å². The summed E-state index contributed by atoms with van der Waals surface area (Å²) in [6.07, 6.45) is 8.20. The molecule has 5 nitrogen and oxygen atoms in total. The van der Waals surface area contributed by atoms with Crippen LogP contribution in [0.2, 0.25) is 0 Å². The molecular weight excluding hydrogens is 270 g/mol. The van der Waals surface area contributed by atoms with E-state index in [1.807, 2.05) is 0 Å². The molecular formula is C16H29NO4. The van der Waals surface area contributed by atoms with Gasteiger partial charge in [-0.15, -0.1) is 0 Å². The molecule has 0 heterocycles. The molecule has 1 aliphatic rings. The van der Waals surface area contributed by atoms with Crippen molar-refractivity contribution in [3.63, 3.8) is 0 Å². The molecule has 122 valence electrons. The van der Waals surface area contributed by atoms with Crippen molar-refractivity contribution in [3.8, 4) is 0 Å². The number of hydrogen-bond acceptors (Lipinski definition) is 4. The van der Waals surface area contributed by atoms with E-state index in [9.17, 15) is 9.59 Å². The lowest BCUT2D eigenvalue weighted by Crippen LogP contribution is -2.40. The molecule has 1 amide bonds. The molecule has 0 bridgehead atoms. The molecule has 5 heteroatoms. The third-order valence-electron chi connectivity index (χ3n) is 4.14. The molecule has 0 N–H and O–H groups in total. The van der Waals surface area contributed by atoms with E-state index < -0.39 is 0 Å². The maximum absolute atomic E-state index is 12.7. The monoisotopic (exact) mass is 299 g/mol. The van der Waals surface area contributed by atoms with Gasteiger partial charge in [0.25, 0.3) is 0 Å². The molecule has 0 aromatic carbocycles. The lowest BCUT2D eigenvalue weighted by atomic mass is 9.90. The Morgan fingerprint density at radius 2 is 1.62 bits per heavy atom. The zero-order valence-electron chi connectivity index (χ0n) is 13.4. The minimum Gasteiger partial charge on any atom is -0.469 e. The Kier molecular flexibility index (Phi) is 9.06. The average Bonchev–Trinajstić information content (AvgIpc) is 2.46. The number of carbonyl (C=O) groups is 2. The van der Waals surface area contributed by atoms with Crippen LogP contribution in [0.15, 0.2) is 0 Å². The quantitative estimate of drug-likeness (QED) is 0.677. The van der Waals surface area contributed by atoms with Gasteiger partial charge in [-0.25, -0.2) is 0 Å². The van der Waals surface area contributed by atoms with E-state index in [1.165, 1.54) is 26.4 Å². The predicted molar refractivity (Wildman–Crippen MR) is 80.9 cm³/mol. The minimum atomic E-state index is -0.275. The molecule has 0 unspecified atom stereocenters. The molecule has 0 aromatic heterocycles. The minimum absolute atomic E-state index is 0.111. The summed E-state index contributed by atoms with van der Waals surface area (Å²) in [4.78, 5) is 25.8. The maximum atomic E-state index is 12.7. The molecule has 0 aromatic rings. The first kappa shape index (κ1) is 18.0. The van der Waals surface area contributed by atoms with Crippen molar-refractivity contribution in [1.82, 2.24) is 4.90 Å². The van der Waals surface area contributed by atoms with Crippen molar-refractivity contribution in [2.45, 2.75) is 51.4 Å². The van der Waals surface area contributed by atoms with Crippen LogP contribution in [0.3, 0.4) is 0 Å². The molecule has 21 heavy (non-hydrogen) atoms. The Morgan fingerprint density at radius 3 is 2.19 bits per heavy atom. The van der Waals surface area contributed by atoms with Crippen LogP contribution in [0.25, 0.3) is 0 Å². The zero-order valence-corrected chi connectivity index (χ0v) is 13.4. The molecule has 0 atom stereocenters. The maximum Gasteiger partial charge on any atom is 0.307 e. The number of amides is 1. The summed E-state index contributed by atoms with van der Waals surface area (Å²) in [5.41, 5.74) is 0. The summed E-state index contributed by atoms with van der Waals surface area (Å²) in [7, 11) is 3.00. The summed E-state index contributed by atoms with van der Waals surface area (Å²) in [6, 6.07) is 0. The Balaban J connectivity index is 2.56. The Hall–Kier alpha value is -1.10. The van der Waals surface area contributed by atoms with Gasteiger partial charge >= 0.3 is 5.97 Å². The van der Waals surface area contributed by atoms with Gasteiger partial charge in [0.15, 0.2) is 0 Å². The van der Waals surface area contributed by atoms with Gasteiger partial charge in [0.1, 0.15) is 0 Å². The summed E-state index contributed by atoms with van der Waals surface area (Å²) in [5, 5.41) is 0. The third-order valence-corrected chi connectivity index (χ3v) is 4.14. The number of rotatable bonds is 7. The zero-order chi connectivity index (χ0) is 15.5. The summed E-state index contributed by atoms with van der Waals surface area (Å²) >= 11 is 0. The second-order valence-corrected chi connectivity index (χ2v) is 5.69. The lowest BCUT2D eigenvalue weighted by molar-refractivity contribution is -0.142.